The van der Waals surface area contributed by atoms with Crippen molar-refractivity contribution in [3.05, 3.63) is 0 Å². The van der Waals surface area contributed by atoms with Crippen molar-refractivity contribution >= 4 is 22.1 Å². The van der Waals surface area contributed by atoms with Gasteiger partial charge in [0, 0.05) is 26.6 Å². The number of amides is 1. The quantitative estimate of drug-likeness (QED) is 0.437. The molecule has 8 nitrogen and oxygen atoms in total. The van der Waals surface area contributed by atoms with E-state index < -0.39 is 22.1 Å². The van der Waals surface area contributed by atoms with Crippen LogP contribution in [0.5, 0.6) is 0 Å². The van der Waals surface area contributed by atoms with Crippen LogP contribution in [0.15, 0.2) is 0 Å². The van der Waals surface area contributed by atoms with E-state index in [1.54, 1.807) is 0 Å². The molecule has 0 aliphatic carbocycles. The fourth-order valence-corrected chi connectivity index (χ4v) is 2.06. The maximum Gasteiger partial charge on any atom is 0.304 e. The number of nitrogens with two attached hydrogens (primary N) is 1. The fourth-order valence-electron chi connectivity index (χ4n) is 1.11. The Morgan fingerprint density at radius 2 is 1.89 bits per heavy atom. The summed E-state index contributed by atoms with van der Waals surface area (Å²) in [7, 11) is -2.35. The van der Waals surface area contributed by atoms with Crippen LogP contribution in [0.3, 0.4) is 0 Å². The van der Waals surface area contributed by atoms with Gasteiger partial charge in [-0.1, -0.05) is 0 Å². The van der Waals surface area contributed by atoms with E-state index in [-0.39, 0.29) is 25.9 Å². The van der Waals surface area contributed by atoms with Crippen LogP contribution in [0.25, 0.3) is 0 Å². The molecule has 0 aromatic heterocycles. The molecule has 0 spiro atoms. The van der Waals surface area contributed by atoms with Gasteiger partial charge in [0.25, 0.3) is 10.2 Å². The molecule has 0 saturated carbocycles. The Labute approximate surface area is 106 Å². The molecule has 106 valence electrons. The minimum atomic E-state index is -3.65. The van der Waals surface area contributed by atoms with Gasteiger partial charge in [-0.05, 0) is 12.8 Å². The van der Waals surface area contributed by atoms with E-state index in [4.69, 9.17) is 10.8 Å². The van der Waals surface area contributed by atoms with Crippen molar-refractivity contribution < 1.29 is 23.1 Å². The Hall–Kier alpha value is -1.19. The number of nitrogens with zero attached hydrogens (tertiary/aromatic N) is 1. The molecule has 0 unspecified atom stereocenters. The van der Waals surface area contributed by atoms with E-state index >= 15 is 0 Å². The first-order valence-electron chi connectivity index (χ1n) is 5.46. The number of nitrogens with one attached hydrogen (secondary N) is 1. The lowest BCUT2D eigenvalue weighted by molar-refractivity contribution is -0.137. The van der Waals surface area contributed by atoms with Gasteiger partial charge in [0.1, 0.15) is 0 Å². The Morgan fingerprint density at radius 3 is 2.39 bits per heavy atom. The number of unbranched alkanes of at least 4 members (excludes halogenated alkanes) is 1. The van der Waals surface area contributed by atoms with Crippen molar-refractivity contribution in [1.29, 1.82) is 0 Å². The van der Waals surface area contributed by atoms with E-state index in [2.05, 4.69) is 4.72 Å². The number of hydrogen-bond donors (Lipinski definition) is 3. The minimum Gasteiger partial charge on any atom is -0.481 e. The highest BCUT2D eigenvalue weighted by molar-refractivity contribution is 7.87. The molecule has 4 N–H and O–H groups in total. The third-order valence-electron chi connectivity index (χ3n) is 2.19. The van der Waals surface area contributed by atoms with Crippen LogP contribution in [0.1, 0.15) is 25.7 Å². The van der Waals surface area contributed by atoms with Gasteiger partial charge in [0.05, 0.1) is 6.42 Å². The van der Waals surface area contributed by atoms with Crippen molar-refractivity contribution in [3.8, 4) is 0 Å². The average Bonchev–Trinajstić information content (AvgIpc) is 2.24. The standard InChI is InChI=1S/C9H19N3O5S/c1-12(7-5-9(14)15)18(16,17)11-6-3-2-4-8(10)13/h11H,2-7H2,1H3,(H2,10,13)(H,14,15). The van der Waals surface area contributed by atoms with Crippen molar-refractivity contribution in [1.82, 2.24) is 9.03 Å². The SMILES string of the molecule is CN(CCC(=O)O)S(=O)(=O)NCCCCC(N)=O. The van der Waals surface area contributed by atoms with Crippen LogP contribution in [0.4, 0.5) is 0 Å². The largest absolute Gasteiger partial charge is 0.481 e. The molecular weight excluding hydrogens is 262 g/mol. The monoisotopic (exact) mass is 281 g/mol. The molecule has 9 heteroatoms. The van der Waals surface area contributed by atoms with Gasteiger partial charge in [-0.15, -0.1) is 0 Å². The predicted molar refractivity (Wildman–Crippen MR) is 64.9 cm³/mol. The van der Waals surface area contributed by atoms with Crippen molar-refractivity contribution in [2.75, 3.05) is 20.1 Å². The second-order valence-corrected chi connectivity index (χ2v) is 5.65. The zero-order chi connectivity index (χ0) is 14.2. The summed E-state index contributed by atoms with van der Waals surface area (Å²) in [6.45, 7) is 0.0962. The number of carbonyl (C=O) groups is 2. The fraction of sp³-hybridized carbons (Fsp3) is 0.778. The summed E-state index contributed by atoms with van der Waals surface area (Å²) in [5, 5.41) is 8.44. The lowest BCUT2D eigenvalue weighted by Gasteiger charge is -2.16. The number of rotatable bonds is 10. The number of primary amides is 1. The second-order valence-electron chi connectivity index (χ2n) is 3.79. The first-order chi connectivity index (χ1) is 8.25. The number of carbonyl (C=O) groups excluding carboxylic acids is 1. The topological polar surface area (TPSA) is 130 Å². The maximum atomic E-state index is 11.6. The molecule has 0 heterocycles. The summed E-state index contributed by atoms with van der Waals surface area (Å²) >= 11 is 0. The number of hydrogen-bond acceptors (Lipinski definition) is 4. The molecule has 0 aliphatic rings. The smallest absolute Gasteiger partial charge is 0.304 e. The molecule has 0 aliphatic heterocycles. The number of carboxylic acids is 1. The van der Waals surface area contributed by atoms with Gasteiger partial charge in [-0.25, -0.2) is 4.72 Å². The van der Waals surface area contributed by atoms with E-state index in [1.165, 1.54) is 7.05 Å². The molecule has 1 amide bonds. The summed E-state index contributed by atoms with van der Waals surface area (Å²) in [6, 6.07) is 0. The van der Waals surface area contributed by atoms with Gasteiger partial charge in [-0.3, -0.25) is 9.59 Å². The zero-order valence-corrected chi connectivity index (χ0v) is 11.1. The van der Waals surface area contributed by atoms with Crippen LogP contribution >= 0.6 is 0 Å². The summed E-state index contributed by atoms with van der Waals surface area (Å²) in [5.74, 6) is -1.48. The van der Waals surface area contributed by atoms with Gasteiger partial charge >= 0.3 is 5.97 Å². The van der Waals surface area contributed by atoms with Gasteiger partial charge in [0.15, 0.2) is 0 Å². The van der Waals surface area contributed by atoms with Gasteiger partial charge in [-0.2, -0.15) is 12.7 Å². The van der Waals surface area contributed by atoms with E-state index in [9.17, 15) is 18.0 Å². The number of carboxylic acid groups (broad SMARTS) is 1. The van der Waals surface area contributed by atoms with E-state index in [0.717, 1.165) is 4.31 Å². The normalized spacial score (nSPS) is 11.7. The van der Waals surface area contributed by atoms with Gasteiger partial charge < -0.3 is 10.8 Å². The van der Waals surface area contributed by atoms with Crippen LogP contribution < -0.4 is 10.5 Å². The highest BCUT2D eigenvalue weighted by Crippen LogP contribution is 1.98. The Kier molecular flexibility index (Phi) is 7.48. The highest BCUT2D eigenvalue weighted by atomic mass is 32.2. The summed E-state index contributed by atoms with van der Waals surface area (Å²) < 4.78 is 26.4. The van der Waals surface area contributed by atoms with Crippen LogP contribution in [-0.4, -0.2) is 49.8 Å². The molecule has 0 atom stereocenters. The Balaban J connectivity index is 3.92. The van der Waals surface area contributed by atoms with Crippen LogP contribution in [-0.2, 0) is 19.8 Å². The molecular formula is C9H19N3O5S. The molecule has 0 radical (unpaired) electrons. The van der Waals surface area contributed by atoms with Crippen molar-refractivity contribution in [2.24, 2.45) is 5.73 Å². The van der Waals surface area contributed by atoms with Crippen LogP contribution in [0.2, 0.25) is 0 Å². The van der Waals surface area contributed by atoms with E-state index in [0.29, 0.717) is 12.8 Å². The molecule has 0 fully saturated rings. The Bertz CT molecular complexity index is 382. The predicted octanol–water partition coefficient (Wildman–Crippen LogP) is -1.12. The highest BCUT2D eigenvalue weighted by Gasteiger charge is 2.17. The molecule has 18 heavy (non-hydrogen) atoms. The van der Waals surface area contributed by atoms with E-state index in [1.807, 2.05) is 0 Å². The maximum absolute atomic E-state index is 11.6. The van der Waals surface area contributed by atoms with Crippen molar-refractivity contribution in [3.63, 3.8) is 0 Å². The van der Waals surface area contributed by atoms with Gasteiger partial charge in [0.2, 0.25) is 5.91 Å². The number of aliphatic carboxylic acids is 1. The lowest BCUT2D eigenvalue weighted by Crippen LogP contribution is -2.39. The summed E-state index contributed by atoms with van der Waals surface area (Å²) in [5.41, 5.74) is 4.94. The average molecular weight is 281 g/mol. The Morgan fingerprint density at radius 1 is 1.28 bits per heavy atom. The molecule has 0 bridgehead atoms. The molecule has 0 saturated heterocycles. The first kappa shape index (κ1) is 16.8. The van der Waals surface area contributed by atoms with Crippen LogP contribution in [0, 0.1) is 0 Å². The third-order valence-corrected chi connectivity index (χ3v) is 3.76. The van der Waals surface area contributed by atoms with Crippen molar-refractivity contribution in [2.45, 2.75) is 25.7 Å². The summed E-state index contributed by atoms with van der Waals surface area (Å²) in [4.78, 5) is 20.7. The minimum absolute atomic E-state index is 0.0913. The zero-order valence-electron chi connectivity index (χ0n) is 10.3. The third kappa shape index (κ3) is 7.98. The summed E-state index contributed by atoms with van der Waals surface area (Å²) in [6.07, 6.45) is 0.974. The molecule has 0 aromatic rings. The first-order valence-corrected chi connectivity index (χ1v) is 6.90. The molecule has 0 aromatic carbocycles. The molecule has 0 rings (SSSR count). The lowest BCUT2D eigenvalue weighted by atomic mass is 10.2. The second kappa shape index (κ2) is 8.01.